The summed E-state index contributed by atoms with van der Waals surface area (Å²) in [5.41, 5.74) is -1.32. The zero-order chi connectivity index (χ0) is 10.9. The molecule has 0 aliphatic heterocycles. The van der Waals surface area contributed by atoms with Crippen LogP contribution in [0.25, 0.3) is 0 Å². The topological polar surface area (TPSA) is 46.5 Å². The molecule has 86 valence electrons. The van der Waals surface area contributed by atoms with Crippen molar-refractivity contribution in [2.24, 2.45) is 5.41 Å². The van der Waals surface area contributed by atoms with E-state index in [4.69, 9.17) is 4.74 Å². The molecule has 0 radical (unpaired) electrons. The van der Waals surface area contributed by atoms with Gasteiger partial charge in [0.2, 0.25) is 0 Å². The Morgan fingerprint density at radius 1 is 1.20 bits per heavy atom. The first-order chi connectivity index (χ1) is 7.15. The summed E-state index contributed by atoms with van der Waals surface area (Å²) in [7, 11) is 0. The summed E-state index contributed by atoms with van der Waals surface area (Å²) in [6, 6.07) is 0. The van der Waals surface area contributed by atoms with Crippen molar-refractivity contribution in [3.8, 4) is 0 Å². The number of rotatable bonds is 3. The molecule has 0 bridgehead atoms. The molecule has 2 saturated carbocycles. The van der Waals surface area contributed by atoms with E-state index in [1.165, 1.54) is 0 Å². The number of esters is 1. The van der Waals surface area contributed by atoms with E-state index < -0.39 is 11.0 Å². The molecule has 3 nitrogen and oxygen atoms in total. The smallest absolute Gasteiger partial charge is 0.314 e. The lowest BCUT2D eigenvalue weighted by atomic mass is 9.58. The molecule has 0 aromatic rings. The fourth-order valence-electron chi connectivity index (χ4n) is 3.10. The van der Waals surface area contributed by atoms with Gasteiger partial charge in [0.25, 0.3) is 0 Å². The molecule has 0 unspecified atom stereocenters. The Kier molecular flexibility index (Phi) is 2.75. The maximum absolute atomic E-state index is 12.0. The van der Waals surface area contributed by atoms with E-state index in [0.717, 1.165) is 44.9 Å². The molecule has 3 heteroatoms. The van der Waals surface area contributed by atoms with Crippen LogP contribution >= 0.6 is 0 Å². The zero-order valence-corrected chi connectivity index (χ0v) is 9.42. The van der Waals surface area contributed by atoms with Gasteiger partial charge in [0.1, 0.15) is 0 Å². The first-order valence-corrected chi connectivity index (χ1v) is 6.04. The van der Waals surface area contributed by atoms with Crippen molar-refractivity contribution >= 4 is 5.97 Å². The van der Waals surface area contributed by atoms with Gasteiger partial charge >= 0.3 is 5.97 Å². The van der Waals surface area contributed by atoms with Crippen LogP contribution in [0.4, 0.5) is 0 Å². The monoisotopic (exact) mass is 212 g/mol. The van der Waals surface area contributed by atoms with Crippen molar-refractivity contribution in [3.05, 3.63) is 0 Å². The average Bonchev–Trinajstić information content (AvgIpc) is 2.51. The van der Waals surface area contributed by atoms with Gasteiger partial charge < -0.3 is 9.84 Å². The third-order valence-corrected chi connectivity index (χ3v) is 4.19. The van der Waals surface area contributed by atoms with E-state index in [9.17, 15) is 9.90 Å². The Hall–Kier alpha value is -0.570. The minimum absolute atomic E-state index is 0.166. The Labute approximate surface area is 90.8 Å². The third kappa shape index (κ3) is 1.48. The number of hydrogen-bond donors (Lipinski definition) is 1. The summed E-state index contributed by atoms with van der Waals surface area (Å²) in [4.78, 5) is 12.0. The van der Waals surface area contributed by atoms with Crippen LogP contribution in [0, 0.1) is 5.41 Å². The summed E-state index contributed by atoms with van der Waals surface area (Å²) in [6.45, 7) is 2.24. The van der Waals surface area contributed by atoms with E-state index in [-0.39, 0.29) is 5.97 Å². The predicted octanol–water partition coefficient (Wildman–Crippen LogP) is 2.02. The fourth-order valence-corrected chi connectivity index (χ4v) is 3.10. The molecule has 0 saturated heterocycles. The van der Waals surface area contributed by atoms with Gasteiger partial charge in [-0.25, -0.2) is 0 Å². The van der Waals surface area contributed by atoms with Crippen LogP contribution in [0.1, 0.15) is 51.9 Å². The summed E-state index contributed by atoms with van der Waals surface area (Å²) in [5.74, 6) is -0.166. The molecule has 0 aromatic heterocycles. The molecule has 0 amide bonds. The van der Waals surface area contributed by atoms with E-state index >= 15 is 0 Å². The highest BCUT2D eigenvalue weighted by Gasteiger charge is 2.60. The standard InChI is InChI=1S/C12H20O3/c1-2-15-10(13)11(6-5-7-11)12(14)8-3-4-9-12/h14H,2-9H2,1H3. The van der Waals surface area contributed by atoms with Gasteiger partial charge in [0.15, 0.2) is 0 Å². The van der Waals surface area contributed by atoms with Crippen LogP contribution < -0.4 is 0 Å². The molecule has 0 aromatic carbocycles. The summed E-state index contributed by atoms with van der Waals surface area (Å²) < 4.78 is 5.13. The SMILES string of the molecule is CCOC(=O)C1(C2(O)CCCC2)CCC1. The fraction of sp³-hybridized carbons (Fsp3) is 0.917. The van der Waals surface area contributed by atoms with Gasteiger partial charge in [-0.05, 0) is 32.6 Å². The van der Waals surface area contributed by atoms with Gasteiger partial charge in [-0.3, -0.25) is 4.79 Å². The van der Waals surface area contributed by atoms with Crippen molar-refractivity contribution in [1.82, 2.24) is 0 Å². The second kappa shape index (κ2) is 3.78. The molecule has 0 atom stereocenters. The second-order valence-corrected chi connectivity index (χ2v) is 4.89. The highest BCUT2D eigenvalue weighted by molar-refractivity contribution is 5.79. The number of aliphatic hydroxyl groups is 1. The molecule has 2 fully saturated rings. The van der Waals surface area contributed by atoms with Crippen LogP contribution in [0.5, 0.6) is 0 Å². The van der Waals surface area contributed by atoms with Gasteiger partial charge in [0, 0.05) is 0 Å². The number of ether oxygens (including phenoxy) is 1. The maximum Gasteiger partial charge on any atom is 0.314 e. The third-order valence-electron chi connectivity index (χ3n) is 4.19. The van der Waals surface area contributed by atoms with Crippen molar-refractivity contribution in [1.29, 1.82) is 0 Å². The first-order valence-electron chi connectivity index (χ1n) is 6.04. The Bertz CT molecular complexity index is 250. The Morgan fingerprint density at radius 3 is 2.20 bits per heavy atom. The molecular weight excluding hydrogens is 192 g/mol. The van der Waals surface area contributed by atoms with E-state index in [2.05, 4.69) is 0 Å². The lowest BCUT2D eigenvalue weighted by Gasteiger charge is -2.49. The molecule has 0 spiro atoms. The summed E-state index contributed by atoms with van der Waals surface area (Å²) >= 11 is 0. The molecular formula is C12H20O3. The van der Waals surface area contributed by atoms with E-state index in [1.54, 1.807) is 0 Å². The zero-order valence-electron chi connectivity index (χ0n) is 9.42. The van der Waals surface area contributed by atoms with Crippen molar-refractivity contribution < 1.29 is 14.6 Å². The molecule has 2 aliphatic carbocycles. The number of carbonyl (C=O) groups excluding carboxylic acids is 1. The molecule has 2 aliphatic rings. The van der Waals surface area contributed by atoms with Crippen LogP contribution in [-0.4, -0.2) is 23.3 Å². The lowest BCUT2D eigenvalue weighted by molar-refractivity contribution is -0.189. The van der Waals surface area contributed by atoms with Crippen LogP contribution in [0.3, 0.4) is 0 Å². The average molecular weight is 212 g/mol. The van der Waals surface area contributed by atoms with E-state index in [0.29, 0.717) is 6.61 Å². The molecule has 2 rings (SSSR count). The van der Waals surface area contributed by atoms with Gasteiger partial charge in [-0.2, -0.15) is 0 Å². The predicted molar refractivity (Wildman–Crippen MR) is 56.3 cm³/mol. The summed E-state index contributed by atoms with van der Waals surface area (Å²) in [5, 5.41) is 10.6. The van der Waals surface area contributed by atoms with Gasteiger partial charge in [-0.1, -0.05) is 19.3 Å². The number of hydrogen-bond acceptors (Lipinski definition) is 3. The van der Waals surface area contributed by atoms with Gasteiger partial charge in [0.05, 0.1) is 17.6 Å². The normalized spacial score (nSPS) is 27.1. The quantitative estimate of drug-likeness (QED) is 0.728. The highest BCUT2D eigenvalue weighted by Crippen LogP contribution is 2.56. The maximum atomic E-state index is 12.0. The molecule has 1 N–H and O–H groups in total. The Morgan fingerprint density at radius 2 is 1.80 bits per heavy atom. The molecule has 15 heavy (non-hydrogen) atoms. The second-order valence-electron chi connectivity index (χ2n) is 4.89. The first kappa shape index (κ1) is 10.9. The minimum atomic E-state index is -0.766. The minimum Gasteiger partial charge on any atom is -0.465 e. The van der Waals surface area contributed by atoms with E-state index in [1.807, 2.05) is 6.92 Å². The van der Waals surface area contributed by atoms with Crippen LogP contribution in [0.2, 0.25) is 0 Å². The van der Waals surface area contributed by atoms with Crippen molar-refractivity contribution in [2.45, 2.75) is 57.5 Å². The number of carbonyl (C=O) groups is 1. The largest absolute Gasteiger partial charge is 0.465 e. The van der Waals surface area contributed by atoms with Crippen LogP contribution in [0.15, 0.2) is 0 Å². The van der Waals surface area contributed by atoms with Crippen LogP contribution in [-0.2, 0) is 9.53 Å². The lowest BCUT2D eigenvalue weighted by Crippen LogP contribution is -2.56. The highest BCUT2D eigenvalue weighted by atomic mass is 16.5. The van der Waals surface area contributed by atoms with Gasteiger partial charge in [-0.15, -0.1) is 0 Å². The molecule has 0 heterocycles. The van der Waals surface area contributed by atoms with Crippen molar-refractivity contribution in [2.75, 3.05) is 6.61 Å². The summed E-state index contributed by atoms with van der Waals surface area (Å²) in [6.07, 6.45) is 6.28. The Balaban J connectivity index is 2.17. The van der Waals surface area contributed by atoms with Crippen molar-refractivity contribution in [3.63, 3.8) is 0 Å².